The minimum atomic E-state index is -0.199. The molecule has 0 aliphatic heterocycles. The highest BCUT2D eigenvalue weighted by Gasteiger charge is 2.25. The molecule has 0 saturated heterocycles. The summed E-state index contributed by atoms with van der Waals surface area (Å²) < 4.78 is 1.62. The Balaban J connectivity index is 1.74. The Morgan fingerprint density at radius 3 is 2.83 bits per heavy atom. The van der Waals surface area contributed by atoms with Gasteiger partial charge >= 0.3 is 0 Å². The van der Waals surface area contributed by atoms with E-state index < -0.39 is 0 Å². The van der Waals surface area contributed by atoms with Gasteiger partial charge in [-0.1, -0.05) is 30.5 Å². The average molecular weight is 315 g/mol. The van der Waals surface area contributed by atoms with Crippen molar-refractivity contribution in [3.8, 4) is 0 Å². The molecule has 3 rings (SSSR count). The summed E-state index contributed by atoms with van der Waals surface area (Å²) in [6, 6.07) is 5.34. The predicted octanol–water partition coefficient (Wildman–Crippen LogP) is 1.85. The van der Waals surface area contributed by atoms with Gasteiger partial charge < -0.3 is 10.4 Å². The molecule has 0 spiro atoms. The largest absolute Gasteiger partial charge is 0.390 e. The zero-order valence-corrected chi connectivity index (χ0v) is 13.0. The maximum atomic E-state index is 12.2. The van der Waals surface area contributed by atoms with Crippen LogP contribution in [0, 0.1) is 0 Å². The van der Waals surface area contributed by atoms with Crippen LogP contribution in [0.25, 0.3) is 0 Å². The molecule has 7 heteroatoms. The summed E-state index contributed by atoms with van der Waals surface area (Å²) in [5.74, 6) is 0.637. The van der Waals surface area contributed by atoms with Crippen molar-refractivity contribution >= 4 is 11.7 Å². The average Bonchev–Trinajstić information content (AvgIpc) is 2.99. The Labute approximate surface area is 134 Å². The van der Waals surface area contributed by atoms with Crippen LogP contribution < -0.4 is 5.32 Å². The van der Waals surface area contributed by atoms with E-state index in [0.717, 1.165) is 18.5 Å². The lowest BCUT2D eigenvalue weighted by atomic mass is 9.86. The molecular weight excluding hydrogens is 294 g/mol. The fraction of sp³-hybridized carbons (Fsp3) is 0.500. The number of hydrogen-bond acceptors (Lipinski definition) is 5. The van der Waals surface area contributed by atoms with Crippen molar-refractivity contribution in [1.29, 1.82) is 0 Å². The molecule has 0 atom stereocenters. The van der Waals surface area contributed by atoms with E-state index in [4.69, 9.17) is 0 Å². The highest BCUT2D eigenvalue weighted by molar-refractivity contribution is 5.89. The van der Waals surface area contributed by atoms with E-state index in [1.807, 2.05) is 6.07 Å². The van der Waals surface area contributed by atoms with E-state index in [1.165, 1.54) is 19.3 Å². The van der Waals surface area contributed by atoms with Crippen LogP contribution in [0.2, 0.25) is 0 Å². The van der Waals surface area contributed by atoms with E-state index in [-0.39, 0.29) is 19.1 Å². The molecule has 1 aliphatic rings. The van der Waals surface area contributed by atoms with Crippen LogP contribution >= 0.6 is 0 Å². The van der Waals surface area contributed by atoms with Gasteiger partial charge in [-0.3, -0.25) is 4.79 Å². The number of carbonyl (C=O) groups excluding carboxylic acids is 1. The van der Waals surface area contributed by atoms with Crippen molar-refractivity contribution in [1.82, 2.24) is 20.0 Å². The van der Waals surface area contributed by atoms with Crippen LogP contribution in [-0.2, 0) is 17.9 Å². The van der Waals surface area contributed by atoms with Gasteiger partial charge in [-0.15, -0.1) is 5.10 Å². The molecule has 0 aromatic carbocycles. The van der Waals surface area contributed by atoms with Crippen LogP contribution in [0.5, 0.6) is 0 Å². The molecule has 1 amide bonds. The Morgan fingerprint density at radius 1 is 1.30 bits per heavy atom. The molecule has 7 nitrogen and oxygen atoms in total. The number of aromatic nitrogens is 4. The zero-order valence-electron chi connectivity index (χ0n) is 13.0. The Kier molecular flexibility index (Phi) is 4.97. The summed E-state index contributed by atoms with van der Waals surface area (Å²) in [6.45, 7) is -0.0664. The van der Waals surface area contributed by atoms with Gasteiger partial charge in [0.25, 0.3) is 0 Å². The Hall–Kier alpha value is -2.28. The summed E-state index contributed by atoms with van der Waals surface area (Å²) in [5.41, 5.74) is 1.49. The van der Waals surface area contributed by atoms with Gasteiger partial charge in [0.15, 0.2) is 0 Å². The van der Waals surface area contributed by atoms with Crippen LogP contribution in [0.4, 0.5) is 5.82 Å². The highest BCUT2D eigenvalue weighted by Crippen LogP contribution is 2.33. The fourth-order valence-corrected chi connectivity index (χ4v) is 3.16. The predicted molar refractivity (Wildman–Crippen MR) is 84.6 cm³/mol. The van der Waals surface area contributed by atoms with Gasteiger partial charge in [0.05, 0.1) is 12.3 Å². The number of rotatable bonds is 5. The van der Waals surface area contributed by atoms with Gasteiger partial charge in [0.2, 0.25) is 5.91 Å². The third-order valence-electron chi connectivity index (χ3n) is 4.21. The molecule has 1 aliphatic carbocycles. The SMILES string of the molecule is O=C(Cn1nnc(CO)c1C1CCCCC1)Nc1ccccn1. The minimum absolute atomic E-state index is 0.0788. The third-order valence-corrected chi connectivity index (χ3v) is 4.21. The van der Waals surface area contributed by atoms with E-state index in [2.05, 4.69) is 20.6 Å². The molecule has 2 aromatic rings. The number of aliphatic hydroxyl groups excluding tert-OH is 1. The topological polar surface area (TPSA) is 92.9 Å². The smallest absolute Gasteiger partial charge is 0.247 e. The lowest BCUT2D eigenvalue weighted by Crippen LogP contribution is -2.23. The van der Waals surface area contributed by atoms with Gasteiger partial charge in [-0.05, 0) is 25.0 Å². The number of carbonyl (C=O) groups is 1. The van der Waals surface area contributed by atoms with Crippen molar-refractivity contribution in [2.45, 2.75) is 51.2 Å². The highest BCUT2D eigenvalue weighted by atomic mass is 16.3. The summed E-state index contributed by atoms with van der Waals surface area (Å²) in [7, 11) is 0. The lowest BCUT2D eigenvalue weighted by molar-refractivity contribution is -0.117. The first-order valence-electron chi connectivity index (χ1n) is 8.02. The second kappa shape index (κ2) is 7.32. The molecule has 0 unspecified atom stereocenters. The Morgan fingerprint density at radius 2 is 2.13 bits per heavy atom. The first-order chi connectivity index (χ1) is 11.3. The molecule has 23 heavy (non-hydrogen) atoms. The second-order valence-corrected chi connectivity index (χ2v) is 5.84. The summed E-state index contributed by atoms with van der Waals surface area (Å²) >= 11 is 0. The van der Waals surface area contributed by atoms with Gasteiger partial charge in [0, 0.05) is 12.1 Å². The summed E-state index contributed by atoms with van der Waals surface area (Å²) in [6.07, 6.45) is 7.32. The fourth-order valence-electron chi connectivity index (χ4n) is 3.16. The maximum absolute atomic E-state index is 12.2. The van der Waals surface area contributed by atoms with E-state index in [1.54, 1.807) is 23.0 Å². The molecule has 1 saturated carbocycles. The monoisotopic (exact) mass is 315 g/mol. The lowest BCUT2D eigenvalue weighted by Gasteiger charge is -2.22. The molecule has 122 valence electrons. The van der Waals surface area contributed by atoms with E-state index >= 15 is 0 Å². The number of hydrogen-bond donors (Lipinski definition) is 2. The molecule has 1 fully saturated rings. The van der Waals surface area contributed by atoms with Gasteiger partial charge in [-0.2, -0.15) is 0 Å². The molecule has 2 N–H and O–H groups in total. The third kappa shape index (κ3) is 3.73. The normalized spacial score (nSPS) is 15.5. The standard InChI is InChI=1S/C16H21N5O2/c22-11-13-16(12-6-2-1-3-7-12)21(20-19-13)10-15(23)18-14-8-4-5-9-17-14/h4-5,8-9,12,22H,1-3,6-7,10-11H2,(H,17,18,23). The number of pyridine rings is 1. The first kappa shape index (κ1) is 15.6. The van der Waals surface area contributed by atoms with Crippen LogP contribution in [0.3, 0.4) is 0 Å². The van der Waals surface area contributed by atoms with Crippen molar-refractivity contribution < 1.29 is 9.90 Å². The van der Waals surface area contributed by atoms with Crippen LogP contribution in [-0.4, -0.2) is 31.0 Å². The summed E-state index contributed by atoms with van der Waals surface area (Å²) in [5, 5.41) is 20.4. The number of amides is 1. The molecule has 0 radical (unpaired) electrons. The maximum Gasteiger partial charge on any atom is 0.247 e. The minimum Gasteiger partial charge on any atom is -0.390 e. The molecule has 2 aromatic heterocycles. The Bertz CT molecular complexity index is 650. The summed E-state index contributed by atoms with van der Waals surface area (Å²) in [4.78, 5) is 16.3. The van der Waals surface area contributed by atoms with Crippen LogP contribution in [0.15, 0.2) is 24.4 Å². The number of aliphatic hydroxyl groups is 1. The van der Waals surface area contributed by atoms with Crippen molar-refractivity contribution in [2.24, 2.45) is 0 Å². The van der Waals surface area contributed by atoms with Gasteiger partial charge in [0.1, 0.15) is 18.1 Å². The van der Waals surface area contributed by atoms with Crippen molar-refractivity contribution in [2.75, 3.05) is 5.32 Å². The molecule has 0 bridgehead atoms. The van der Waals surface area contributed by atoms with Crippen LogP contribution in [0.1, 0.15) is 49.4 Å². The zero-order chi connectivity index (χ0) is 16.1. The molecular formula is C16H21N5O2. The van der Waals surface area contributed by atoms with Crippen molar-refractivity contribution in [3.63, 3.8) is 0 Å². The number of anilines is 1. The quantitative estimate of drug-likeness (QED) is 0.878. The van der Waals surface area contributed by atoms with Crippen molar-refractivity contribution in [3.05, 3.63) is 35.8 Å². The second-order valence-electron chi connectivity index (χ2n) is 5.84. The number of nitrogens with zero attached hydrogens (tertiary/aromatic N) is 4. The van der Waals surface area contributed by atoms with E-state index in [9.17, 15) is 9.90 Å². The van der Waals surface area contributed by atoms with E-state index in [0.29, 0.717) is 17.4 Å². The number of nitrogens with one attached hydrogen (secondary N) is 1. The molecule has 2 heterocycles. The first-order valence-corrected chi connectivity index (χ1v) is 8.02. The van der Waals surface area contributed by atoms with Gasteiger partial charge in [-0.25, -0.2) is 9.67 Å².